The molecule has 0 saturated carbocycles. The molecule has 2 aliphatic heterocycles. The Morgan fingerprint density at radius 3 is 2.55 bits per heavy atom. The highest BCUT2D eigenvalue weighted by Crippen LogP contribution is 2.42. The molecule has 2 heterocycles. The van der Waals surface area contributed by atoms with E-state index in [1.54, 1.807) is 19.2 Å². The first kappa shape index (κ1) is 24.2. The second kappa shape index (κ2) is 9.73. The van der Waals surface area contributed by atoms with Gasteiger partial charge in [0.2, 0.25) is 5.91 Å². The number of amides is 1. The minimum absolute atomic E-state index is 0.0368. The summed E-state index contributed by atoms with van der Waals surface area (Å²) in [7, 11) is 1.64. The molecular formula is C26H32Cl2N2O3. The first-order valence-electron chi connectivity index (χ1n) is 11.6. The van der Waals surface area contributed by atoms with E-state index in [2.05, 4.69) is 18.7 Å². The van der Waals surface area contributed by atoms with Crippen LogP contribution in [-0.4, -0.2) is 43.3 Å². The lowest BCUT2D eigenvalue weighted by Gasteiger charge is -2.37. The number of methoxy groups -OCH3 is 1. The smallest absolute Gasteiger partial charge is 0.237 e. The third kappa shape index (κ3) is 4.68. The second-order valence-corrected chi connectivity index (χ2v) is 10.1. The first-order valence-corrected chi connectivity index (χ1v) is 12.4. The largest absolute Gasteiger partial charge is 0.493 e. The fourth-order valence-electron chi connectivity index (χ4n) is 5.03. The number of rotatable bonds is 6. The van der Waals surface area contributed by atoms with Crippen molar-refractivity contribution < 1.29 is 14.3 Å². The first-order chi connectivity index (χ1) is 15.7. The molecule has 0 radical (unpaired) electrons. The van der Waals surface area contributed by atoms with Gasteiger partial charge in [-0.3, -0.25) is 9.69 Å². The second-order valence-electron chi connectivity index (χ2n) is 9.30. The molecule has 2 aromatic carbocycles. The zero-order valence-electron chi connectivity index (χ0n) is 19.7. The van der Waals surface area contributed by atoms with Gasteiger partial charge in [0, 0.05) is 30.9 Å². The van der Waals surface area contributed by atoms with Crippen molar-refractivity contribution in [3.63, 3.8) is 0 Å². The van der Waals surface area contributed by atoms with Crippen molar-refractivity contribution in [3.8, 4) is 11.5 Å². The van der Waals surface area contributed by atoms with E-state index in [9.17, 15) is 4.79 Å². The van der Waals surface area contributed by atoms with E-state index in [4.69, 9.17) is 32.7 Å². The number of piperidine rings is 1. The molecule has 2 saturated heterocycles. The van der Waals surface area contributed by atoms with Crippen LogP contribution in [0, 0.1) is 0 Å². The van der Waals surface area contributed by atoms with Crippen molar-refractivity contribution in [2.75, 3.05) is 25.1 Å². The van der Waals surface area contributed by atoms with Gasteiger partial charge in [0.25, 0.3) is 0 Å². The van der Waals surface area contributed by atoms with E-state index >= 15 is 0 Å². The number of anilines is 1. The number of benzene rings is 2. The molecule has 3 unspecified atom stereocenters. The predicted octanol–water partition coefficient (Wildman–Crippen LogP) is 6.30. The molecule has 33 heavy (non-hydrogen) atoms. The summed E-state index contributed by atoms with van der Waals surface area (Å²) in [5, 5.41) is 0.947. The summed E-state index contributed by atoms with van der Waals surface area (Å²) >= 11 is 12.3. The molecule has 0 spiro atoms. The third-order valence-electron chi connectivity index (χ3n) is 7.19. The fourth-order valence-corrected chi connectivity index (χ4v) is 5.33. The molecule has 4 rings (SSSR count). The Hall–Kier alpha value is -1.95. The maximum absolute atomic E-state index is 13.6. The Labute approximate surface area is 206 Å². The predicted molar refractivity (Wildman–Crippen MR) is 134 cm³/mol. The molecule has 2 aromatic rings. The average Bonchev–Trinajstić information content (AvgIpc) is 3.11. The van der Waals surface area contributed by atoms with Crippen molar-refractivity contribution >= 4 is 34.8 Å². The zero-order valence-corrected chi connectivity index (χ0v) is 21.2. The van der Waals surface area contributed by atoms with Gasteiger partial charge in [-0.15, -0.1) is 0 Å². The number of hydrogen-bond donors (Lipinski definition) is 0. The molecule has 7 heteroatoms. The van der Waals surface area contributed by atoms with Crippen LogP contribution < -0.4 is 14.4 Å². The number of hydrogen-bond acceptors (Lipinski definition) is 4. The molecule has 0 bridgehead atoms. The monoisotopic (exact) mass is 490 g/mol. The van der Waals surface area contributed by atoms with Crippen LogP contribution in [0.25, 0.3) is 0 Å². The molecule has 3 atom stereocenters. The Bertz CT molecular complexity index is 1030. The van der Waals surface area contributed by atoms with E-state index in [0.717, 1.165) is 17.8 Å². The van der Waals surface area contributed by atoms with E-state index in [1.807, 2.05) is 36.1 Å². The SMILES string of the molecule is COc1ccc(N2CCC(C)(c3ccc(Cl)c(Cl)c3)C2=O)cc1OC(C)N1CCCCC1C. The Kier molecular flexibility index (Phi) is 7.13. The van der Waals surface area contributed by atoms with Crippen LogP contribution in [0.3, 0.4) is 0 Å². The summed E-state index contributed by atoms with van der Waals surface area (Å²) in [6.07, 6.45) is 4.23. The van der Waals surface area contributed by atoms with Crippen LogP contribution in [-0.2, 0) is 10.2 Å². The standard InChI is InChI=1S/C26H32Cl2N2O3/c1-17-7-5-6-13-29(17)18(2)33-24-16-20(9-11-23(24)32-4)30-14-12-26(3,25(30)31)19-8-10-21(27)22(28)15-19/h8-11,15-18H,5-7,12-14H2,1-4H3. The van der Waals surface area contributed by atoms with Gasteiger partial charge in [-0.25, -0.2) is 0 Å². The Balaban J connectivity index is 1.58. The molecule has 1 amide bonds. The van der Waals surface area contributed by atoms with Gasteiger partial charge < -0.3 is 14.4 Å². The minimum atomic E-state index is -0.661. The summed E-state index contributed by atoms with van der Waals surface area (Å²) in [6.45, 7) is 7.93. The number of ether oxygens (including phenoxy) is 2. The summed E-state index contributed by atoms with van der Waals surface area (Å²) in [5.74, 6) is 1.35. The van der Waals surface area contributed by atoms with Gasteiger partial charge in [-0.1, -0.05) is 35.7 Å². The molecular weight excluding hydrogens is 459 g/mol. The number of carbonyl (C=O) groups excluding carboxylic acids is 1. The van der Waals surface area contributed by atoms with E-state index < -0.39 is 5.41 Å². The summed E-state index contributed by atoms with van der Waals surface area (Å²) in [4.78, 5) is 17.8. The lowest BCUT2D eigenvalue weighted by atomic mass is 9.81. The van der Waals surface area contributed by atoms with E-state index in [-0.39, 0.29) is 12.1 Å². The van der Waals surface area contributed by atoms with Crippen molar-refractivity contribution in [1.82, 2.24) is 4.90 Å². The number of carbonyl (C=O) groups is 1. The molecule has 5 nitrogen and oxygen atoms in total. The molecule has 0 N–H and O–H groups in total. The van der Waals surface area contributed by atoms with Crippen LogP contribution in [0.5, 0.6) is 11.5 Å². The number of nitrogens with zero attached hydrogens (tertiary/aromatic N) is 2. The molecule has 2 fully saturated rings. The molecule has 0 aliphatic carbocycles. The van der Waals surface area contributed by atoms with Crippen molar-refractivity contribution in [1.29, 1.82) is 0 Å². The third-order valence-corrected chi connectivity index (χ3v) is 7.93. The van der Waals surface area contributed by atoms with Crippen LogP contribution in [0.4, 0.5) is 5.69 Å². The van der Waals surface area contributed by atoms with Gasteiger partial charge in [-0.2, -0.15) is 0 Å². The average molecular weight is 491 g/mol. The topological polar surface area (TPSA) is 42.0 Å². The minimum Gasteiger partial charge on any atom is -0.493 e. The summed E-state index contributed by atoms with van der Waals surface area (Å²) < 4.78 is 11.9. The van der Waals surface area contributed by atoms with Gasteiger partial charge in [0.05, 0.1) is 22.6 Å². The maximum Gasteiger partial charge on any atom is 0.237 e. The van der Waals surface area contributed by atoms with Crippen LogP contribution in [0.2, 0.25) is 10.0 Å². The number of halogens is 2. The van der Waals surface area contributed by atoms with Crippen molar-refractivity contribution in [2.24, 2.45) is 0 Å². The summed E-state index contributed by atoms with van der Waals surface area (Å²) in [5.41, 5.74) is 1.02. The lowest BCUT2D eigenvalue weighted by Crippen LogP contribution is -2.46. The fraction of sp³-hybridized carbons (Fsp3) is 0.500. The number of likely N-dealkylation sites (tertiary alicyclic amines) is 1. The van der Waals surface area contributed by atoms with Crippen LogP contribution in [0.1, 0.15) is 52.0 Å². The van der Waals surface area contributed by atoms with Gasteiger partial charge in [0.15, 0.2) is 11.5 Å². The van der Waals surface area contributed by atoms with Gasteiger partial charge in [-0.05, 0) is 69.9 Å². The highest BCUT2D eigenvalue weighted by atomic mass is 35.5. The lowest BCUT2D eigenvalue weighted by molar-refractivity contribution is -0.121. The van der Waals surface area contributed by atoms with Gasteiger partial charge in [0.1, 0.15) is 6.23 Å². The van der Waals surface area contributed by atoms with E-state index in [1.165, 1.54) is 19.3 Å². The van der Waals surface area contributed by atoms with Crippen LogP contribution in [0.15, 0.2) is 36.4 Å². The highest BCUT2D eigenvalue weighted by molar-refractivity contribution is 6.42. The normalized spacial score (nSPS) is 24.7. The zero-order chi connectivity index (χ0) is 23.8. The Morgan fingerprint density at radius 2 is 1.85 bits per heavy atom. The molecule has 178 valence electrons. The quantitative estimate of drug-likeness (QED) is 0.476. The summed E-state index contributed by atoms with van der Waals surface area (Å²) in [6, 6.07) is 11.6. The molecule has 2 aliphatic rings. The van der Waals surface area contributed by atoms with Gasteiger partial charge >= 0.3 is 0 Å². The van der Waals surface area contributed by atoms with Crippen molar-refractivity contribution in [2.45, 2.75) is 64.1 Å². The van der Waals surface area contributed by atoms with Crippen molar-refractivity contribution in [3.05, 3.63) is 52.0 Å². The maximum atomic E-state index is 13.6. The van der Waals surface area contributed by atoms with E-state index in [0.29, 0.717) is 40.6 Å². The molecule has 0 aromatic heterocycles. The van der Waals surface area contributed by atoms with Crippen LogP contribution >= 0.6 is 23.2 Å². The highest BCUT2D eigenvalue weighted by Gasteiger charge is 2.45. The Morgan fingerprint density at radius 1 is 1.06 bits per heavy atom.